The van der Waals surface area contributed by atoms with Gasteiger partial charge in [-0.3, -0.25) is 0 Å². The van der Waals surface area contributed by atoms with Crippen molar-refractivity contribution in [1.82, 2.24) is 9.72 Å². The second kappa shape index (κ2) is 10.7. The number of nitrogens with zero attached hydrogens (tertiary/aromatic N) is 5. The van der Waals surface area contributed by atoms with E-state index in [4.69, 9.17) is 32.5 Å². The smallest absolute Gasteiger partial charge is 0.146 e. The normalized spacial score (nSPS) is 13.0. The van der Waals surface area contributed by atoms with E-state index in [1.54, 1.807) is 12.1 Å². The molecule has 3 heterocycles. The molecule has 6 rings (SSSR count). The van der Waals surface area contributed by atoms with Crippen LogP contribution in [0, 0.1) is 0 Å². The zero-order chi connectivity index (χ0) is 26.9. The topological polar surface area (TPSA) is 77.3 Å². The second-order valence-corrected chi connectivity index (χ2v) is 10.5. The Kier molecular flexibility index (Phi) is 6.94. The number of aromatic nitrogens is 2. The molecular formula is C30H25Cl2N5O2. The van der Waals surface area contributed by atoms with E-state index < -0.39 is 0 Å². The molecule has 1 aliphatic heterocycles. The molecule has 5 aromatic rings. The minimum atomic E-state index is 0.118. The first kappa shape index (κ1) is 25.3. The van der Waals surface area contributed by atoms with Crippen LogP contribution in [0.25, 0.3) is 22.2 Å². The van der Waals surface area contributed by atoms with Gasteiger partial charge in [0.1, 0.15) is 30.4 Å². The van der Waals surface area contributed by atoms with Crippen molar-refractivity contribution in [3.05, 3.63) is 105 Å². The van der Waals surface area contributed by atoms with E-state index in [9.17, 15) is 0 Å². The van der Waals surface area contributed by atoms with Gasteiger partial charge in [-0.1, -0.05) is 72.5 Å². The third-order valence-electron chi connectivity index (χ3n) is 6.76. The average Bonchev–Trinajstić information content (AvgIpc) is 3.69. The van der Waals surface area contributed by atoms with Crippen molar-refractivity contribution in [3.8, 4) is 17.0 Å². The zero-order valence-corrected chi connectivity index (χ0v) is 22.9. The summed E-state index contributed by atoms with van der Waals surface area (Å²) in [7, 11) is 0. The predicted molar refractivity (Wildman–Crippen MR) is 154 cm³/mol. The van der Waals surface area contributed by atoms with E-state index >= 15 is 0 Å². The number of rotatable bonds is 8. The molecule has 0 N–H and O–H groups in total. The highest BCUT2D eigenvalue weighted by Crippen LogP contribution is 2.39. The molecular weight excluding hydrogens is 533 g/mol. The van der Waals surface area contributed by atoms with E-state index in [-0.39, 0.29) is 12.5 Å². The summed E-state index contributed by atoms with van der Waals surface area (Å²) < 4.78 is 14.2. The van der Waals surface area contributed by atoms with Gasteiger partial charge >= 0.3 is 0 Å². The molecule has 0 radical (unpaired) electrons. The van der Waals surface area contributed by atoms with Crippen LogP contribution in [0.3, 0.4) is 0 Å². The monoisotopic (exact) mass is 557 g/mol. The quantitative estimate of drug-likeness (QED) is 0.192. The van der Waals surface area contributed by atoms with Gasteiger partial charge in [-0.25, -0.2) is 0 Å². The highest BCUT2D eigenvalue weighted by Gasteiger charge is 2.24. The number of hydrogen-bond acceptors (Lipinski definition) is 6. The molecule has 0 unspecified atom stereocenters. The molecule has 0 aliphatic carbocycles. The summed E-state index contributed by atoms with van der Waals surface area (Å²) >= 11 is 13.0. The Bertz CT molecular complexity index is 1700. The lowest BCUT2D eigenvalue weighted by Gasteiger charge is -2.11. The van der Waals surface area contributed by atoms with Gasteiger partial charge in [-0.15, -0.1) is 5.10 Å². The summed E-state index contributed by atoms with van der Waals surface area (Å²) in [6.07, 6.45) is 2.09. The summed E-state index contributed by atoms with van der Waals surface area (Å²) in [5, 5.41) is 18.1. The maximum atomic E-state index is 6.48. The van der Waals surface area contributed by atoms with Gasteiger partial charge < -0.3 is 13.8 Å². The van der Waals surface area contributed by atoms with Crippen LogP contribution >= 0.6 is 23.2 Å². The molecule has 9 heteroatoms. The van der Waals surface area contributed by atoms with Crippen molar-refractivity contribution >= 4 is 39.8 Å². The van der Waals surface area contributed by atoms with Crippen molar-refractivity contribution in [3.63, 3.8) is 0 Å². The number of ether oxygens (including phenoxy) is 1. The van der Waals surface area contributed by atoms with Crippen LogP contribution in [0.1, 0.15) is 42.2 Å². The molecule has 0 spiro atoms. The third kappa shape index (κ3) is 5.07. The highest BCUT2D eigenvalue weighted by atomic mass is 35.5. The minimum absolute atomic E-state index is 0.118. The fraction of sp³-hybridized carbons (Fsp3) is 0.200. The van der Waals surface area contributed by atoms with Crippen LogP contribution in [-0.2, 0) is 13.2 Å². The second-order valence-electron chi connectivity index (χ2n) is 9.71. The molecule has 0 amide bonds. The molecule has 0 saturated carbocycles. The average molecular weight is 558 g/mol. The highest BCUT2D eigenvalue weighted by molar-refractivity contribution is 6.39. The Morgan fingerprint density at radius 3 is 2.51 bits per heavy atom. The van der Waals surface area contributed by atoms with Crippen molar-refractivity contribution < 1.29 is 9.26 Å². The predicted octanol–water partition coefficient (Wildman–Crippen LogP) is 8.52. The van der Waals surface area contributed by atoms with Crippen LogP contribution in [0.15, 0.2) is 92.9 Å². The van der Waals surface area contributed by atoms with E-state index in [0.29, 0.717) is 27.8 Å². The summed E-state index contributed by atoms with van der Waals surface area (Å²) in [6.45, 7) is 5.68. The summed E-state index contributed by atoms with van der Waals surface area (Å²) in [6, 6.07) is 22.0. The van der Waals surface area contributed by atoms with Crippen molar-refractivity contribution in [2.45, 2.75) is 32.9 Å². The first-order valence-electron chi connectivity index (χ1n) is 12.6. The van der Waals surface area contributed by atoms with E-state index in [0.717, 1.165) is 45.8 Å². The van der Waals surface area contributed by atoms with Gasteiger partial charge in [0.2, 0.25) is 0 Å². The molecule has 2 aromatic heterocycles. The van der Waals surface area contributed by atoms with Crippen LogP contribution in [0.5, 0.6) is 5.75 Å². The lowest BCUT2D eigenvalue weighted by Crippen LogP contribution is -2.03. The van der Waals surface area contributed by atoms with E-state index in [1.165, 1.54) is 5.56 Å². The van der Waals surface area contributed by atoms with Crippen molar-refractivity contribution in [2.75, 3.05) is 6.54 Å². The lowest BCUT2D eigenvalue weighted by atomic mass is 10.0. The van der Waals surface area contributed by atoms with Crippen LogP contribution in [0.2, 0.25) is 10.0 Å². The van der Waals surface area contributed by atoms with Gasteiger partial charge in [0, 0.05) is 35.1 Å². The summed E-state index contributed by atoms with van der Waals surface area (Å²) in [5.74, 6) is 1.63. The largest absolute Gasteiger partial charge is 0.489 e. The SMILES string of the molecule is CC(C)c1onc(-c2c(Cl)cccc2Cl)c1COc1ccc2c(ccn2Cc2ccc(C3=NN=NC3)cc2)c1. The first-order valence-corrected chi connectivity index (χ1v) is 13.4. The standard InChI is InChI=1S/C30H25Cl2N5O2/c1-18(2)30-23(29(35-39-30)28-24(31)4-3-5-25(28)32)17-38-22-10-11-27-21(14-22)12-13-37(27)16-19-6-8-20(9-7-19)26-15-33-36-34-26/h3-14,18H,15-17H2,1-2H3. The Labute approximate surface area is 235 Å². The Morgan fingerprint density at radius 1 is 1.00 bits per heavy atom. The van der Waals surface area contributed by atoms with E-state index in [2.05, 4.69) is 81.6 Å². The van der Waals surface area contributed by atoms with Crippen molar-refractivity contribution in [2.24, 2.45) is 15.4 Å². The van der Waals surface area contributed by atoms with E-state index in [1.807, 2.05) is 18.2 Å². The molecule has 1 aliphatic rings. The maximum absolute atomic E-state index is 6.48. The molecule has 3 aromatic carbocycles. The molecule has 0 fully saturated rings. The van der Waals surface area contributed by atoms with Crippen LogP contribution in [0.4, 0.5) is 0 Å². The Morgan fingerprint density at radius 2 is 1.79 bits per heavy atom. The van der Waals surface area contributed by atoms with Gasteiger partial charge in [-0.2, -0.15) is 5.11 Å². The Balaban J connectivity index is 1.21. The van der Waals surface area contributed by atoms with Crippen LogP contribution < -0.4 is 4.74 Å². The molecule has 0 bridgehead atoms. The van der Waals surface area contributed by atoms with Gasteiger partial charge in [0.15, 0.2) is 0 Å². The molecule has 0 atom stereocenters. The summed E-state index contributed by atoms with van der Waals surface area (Å²) in [4.78, 5) is 0. The maximum Gasteiger partial charge on any atom is 0.146 e. The first-order chi connectivity index (χ1) is 19.0. The molecule has 0 saturated heterocycles. The molecule has 196 valence electrons. The Hall–Kier alpha value is -3.94. The lowest BCUT2D eigenvalue weighted by molar-refractivity contribution is 0.299. The number of benzene rings is 3. The van der Waals surface area contributed by atoms with Crippen LogP contribution in [-0.4, -0.2) is 22.0 Å². The van der Waals surface area contributed by atoms with Gasteiger partial charge in [-0.05, 0) is 52.7 Å². The molecule has 7 nitrogen and oxygen atoms in total. The summed E-state index contributed by atoms with van der Waals surface area (Å²) in [5.41, 5.74) is 6.37. The fourth-order valence-electron chi connectivity index (χ4n) is 4.76. The van der Waals surface area contributed by atoms with Gasteiger partial charge in [0.25, 0.3) is 0 Å². The fourth-order valence-corrected chi connectivity index (χ4v) is 5.34. The number of halogens is 2. The number of hydrogen-bond donors (Lipinski definition) is 0. The zero-order valence-electron chi connectivity index (χ0n) is 21.4. The van der Waals surface area contributed by atoms with Gasteiger partial charge in [0.05, 0.1) is 21.3 Å². The van der Waals surface area contributed by atoms with Crippen molar-refractivity contribution in [1.29, 1.82) is 0 Å². The number of fused-ring (bicyclic) bond motifs is 1. The molecule has 39 heavy (non-hydrogen) atoms. The third-order valence-corrected chi connectivity index (χ3v) is 7.39. The minimum Gasteiger partial charge on any atom is -0.489 e.